The summed E-state index contributed by atoms with van der Waals surface area (Å²) in [7, 11) is 0. The first-order valence-corrected chi connectivity index (χ1v) is 3.89. The standard InChI is InChI=1S/C9H13N3.2ClH/c10-6-5-8-1-3-9(4-2-8)7-12-11;;/h1-4,7H,5-6,10-11H2;2*1H/b12-7+;;. The van der Waals surface area contributed by atoms with Gasteiger partial charge in [-0.15, -0.1) is 24.8 Å². The van der Waals surface area contributed by atoms with Crippen LogP contribution < -0.4 is 11.6 Å². The minimum absolute atomic E-state index is 0. The average Bonchev–Trinajstić information content (AvgIpc) is 2.09. The highest BCUT2D eigenvalue weighted by molar-refractivity contribution is 5.85. The van der Waals surface area contributed by atoms with Crippen LogP contribution in [0.15, 0.2) is 29.4 Å². The summed E-state index contributed by atoms with van der Waals surface area (Å²) in [6, 6.07) is 8.01. The summed E-state index contributed by atoms with van der Waals surface area (Å²) in [5, 5.41) is 3.43. The first-order chi connectivity index (χ1) is 5.86. The quantitative estimate of drug-likeness (QED) is 0.472. The minimum Gasteiger partial charge on any atom is -0.330 e. The van der Waals surface area contributed by atoms with Crippen LogP contribution in [-0.4, -0.2) is 12.8 Å². The third-order valence-electron chi connectivity index (χ3n) is 1.64. The smallest absolute Gasteiger partial charge is 0.0538 e. The largest absolute Gasteiger partial charge is 0.330 e. The maximum atomic E-state index is 5.41. The highest BCUT2D eigenvalue weighted by atomic mass is 35.5. The summed E-state index contributed by atoms with van der Waals surface area (Å²) < 4.78 is 0. The van der Waals surface area contributed by atoms with Gasteiger partial charge >= 0.3 is 0 Å². The van der Waals surface area contributed by atoms with Crippen LogP contribution >= 0.6 is 24.8 Å². The SMILES string of the molecule is Cl.Cl.NCCc1ccc(/C=N/N)cc1. The number of nitrogens with two attached hydrogens (primary N) is 2. The van der Waals surface area contributed by atoms with E-state index >= 15 is 0 Å². The molecule has 14 heavy (non-hydrogen) atoms. The van der Waals surface area contributed by atoms with Crippen molar-refractivity contribution in [2.75, 3.05) is 6.54 Å². The third-order valence-corrected chi connectivity index (χ3v) is 1.64. The Balaban J connectivity index is 0. The fourth-order valence-corrected chi connectivity index (χ4v) is 1.02. The van der Waals surface area contributed by atoms with E-state index in [1.54, 1.807) is 6.21 Å². The molecular formula is C9H15Cl2N3. The van der Waals surface area contributed by atoms with Gasteiger partial charge in [0.15, 0.2) is 0 Å². The number of hydrazone groups is 1. The molecular weight excluding hydrogens is 221 g/mol. The van der Waals surface area contributed by atoms with Crippen molar-refractivity contribution in [2.45, 2.75) is 6.42 Å². The first-order valence-electron chi connectivity index (χ1n) is 3.89. The molecule has 0 fully saturated rings. The van der Waals surface area contributed by atoms with Crippen LogP contribution in [0.1, 0.15) is 11.1 Å². The lowest BCUT2D eigenvalue weighted by molar-refractivity contribution is 0.969. The van der Waals surface area contributed by atoms with Crippen molar-refractivity contribution in [3.05, 3.63) is 35.4 Å². The normalized spacial score (nSPS) is 9.21. The van der Waals surface area contributed by atoms with E-state index in [-0.39, 0.29) is 24.8 Å². The van der Waals surface area contributed by atoms with Gasteiger partial charge in [0.2, 0.25) is 0 Å². The van der Waals surface area contributed by atoms with Gasteiger partial charge in [-0.05, 0) is 24.1 Å². The number of nitrogens with zero attached hydrogens (tertiary/aromatic N) is 1. The van der Waals surface area contributed by atoms with Crippen molar-refractivity contribution < 1.29 is 0 Å². The molecule has 0 heterocycles. The lowest BCUT2D eigenvalue weighted by Gasteiger charge is -1.97. The molecule has 1 aromatic carbocycles. The Morgan fingerprint density at radius 1 is 1.14 bits per heavy atom. The molecule has 0 spiro atoms. The van der Waals surface area contributed by atoms with E-state index < -0.39 is 0 Å². The molecule has 0 atom stereocenters. The summed E-state index contributed by atoms with van der Waals surface area (Å²) in [4.78, 5) is 0. The van der Waals surface area contributed by atoms with Gasteiger partial charge in [-0.2, -0.15) is 5.10 Å². The van der Waals surface area contributed by atoms with Gasteiger partial charge in [0.1, 0.15) is 0 Å². The van der Waals surface area contributed by atoms with Crippen molar-refractivity contribution in [3.63, 3.8) is 0 Å². The summed E-state index contributed by atoms with van der Waals surface area (Å²) in [6.07, 6.45) is 2.53. The van der Waals surface area contributed by atoms with Gasteiger partial charge in [0.05, 0.1) is 6.21 Å². The number of benzene rings is 1. The Bertz CT molecular complexity index is 259. The topological polar surface area (TPSA) is 64.4 Å². The van der Waals surface area contributed by atoms with E-state index in [1.165, 1.54) is 5.56 Å². The van der Waals surface area contributed by atoms with Crippen molar-refractivity contribution in [1.29, 1.82) is 0 Å². The predicted molar refractivity (Wildman–Crippen MR) is 65.5 cm³/mol. The zero-order chi connectivity index (χ0) is 8.81. The molecule has 1 aromatic rings. The van der Waals surface area contributed by atoms with Crippen LogP contribution in [-0.2, 0) is 6.42 Å². The molecule has 0 saturated carbocycles. The molecule has 0 aliphatic heterocycles. The van der Waals surface area contributed by atoms with E-state index in [4.69, 9.17) is 11.6 Å². The van der Waals surface area contributed by atoms with Gasteiger partial charge in [0, 0.05) is 0 Å². The molecule has 0 amide bonds. The summed E-state index contributed by atoms with van der Waals surface area (Å²) in [5.74, 6) is 5.01. The maximum Gasteiger partial charge on any atom is 0.0538 e. The molecule has 3 nitrogen and oxygen atoms in total. The van der Waals surface area contributed by atoms with Crippen LogP contribution in [0.4, 0.5) is 0 Å². The van der Waals surface area contributed by atoms with Crippen molar-refractivity contribution in [1.82, 2.24) is 0 Å². The predicted octanol–water partition coefficient (Wildman–Crippen LogP) is 1.32. The van der Waals surface area contributed by atoms with Gasteiger partial charge < -0.3 is 11.6 Å². The van der Waals surface area contributed by atoms with Crippen LogP contribution in [0, 0.1) is 0 Å². The molecule has 1 rings (SSSR count). The Hall–Kier alpha value is -0.770. The molecule has 0 unspecified atom stereocenters. The van der Waals surface area contributed by atoms with Crippen LogP contribution in [0.2, 0.25) is 0 Å². The molecule has 5 heteroatoms. The second-order valence-corrected chi connectivity index (χ2v) is 2.56. The van der Waals surface area contributed by atoms with Crippen molar-refractivity contribution >= 4 is 31.0 Å². The number of halogens is 2. The Morgan fingerprint density at radius 2 is 1.71 bits per heavy atom. The van der Waals surface area contributed by atoms with Crippen LogP contribution in [0.5, 0.6) is 0 Å². The summed E-state index contributed by atoms with van der Waals surface area (Å²) >= 11 is 0. The summed E-state index contributed by atoms with van der Waals surface area (Å²) in [6.45, 7) is 0.685. The van der Waals surface area contributed by atoms with Crippen LogP contribution in [0.25, 0.3) is 0 Å². The molecule has 0 aliphatic carbocycles. The van der Waals surface area contributed by atoms with Gasteiger partial charge in [-0.25, -0.2) is 0 Å². The molecule has 0 bridgehead atoms. The van der Waals surface area contributed by atoms with Crippen molar-refractivity contribution in [2.24, 2.45) is 16.7 Å². The number of hydrogen-bond donors (Lipinski definition) is 2. The molecule has 80 valence electrons. The monoisotopic (exact) mass is 235 g/mol. The molecule has 0 saturated heterocycles. The number of hydrogen-bond acceptors (Lipinski definition) is 3. The highest BCUT2D eigenvalue weighted by Gasteiger charge is 1.90. The fraction of sp³-hybridized carbons (Fsp3) is 0.222. The van der Waals surface area contributed by atoms with E-state index in [0.717, 1.165) is 12.0 Å². The Morgan fingerprint density at radius 3 is 2.14 bits per heavy atom. The zero-order valence-electron chi connectivity index (χ0n) is 7.72. The fourth-order valence-electron chi connectivity index (χ4n) is 1.02. The second kappa shape index (κ2) is 8.81. The molecule has 4 N–H and O–H groups in total. The van der Waals surface area contributed by atoms with Gasteiger partial charge in [-0.3, -0.25) is 0 Å². The van der Waals surface area contributed by atoms with E-state index in [2.05, 4.69) is 5.10 Å². The van der Waals surface area contributed by atoms with Gasteiger partial charge in [0.25, 0.3) is 0 Å². The van der Waals surface area contributed by atoms with Crippen molar-refractivity contribution in [3.8, 4) is 0 Å². The first kappa shape index (κ1) is 15.7. The molecule has 0 aliphatic rings. The Labute approximate surface area is 96.4 Å². The number of rotatable bonds is 3. The third kappa shape index (κ3) is 5.07. The second-order valence-electron chi connectivity index (χ2n) is 2.56. The summed E-state index contributed by atoms with van der Waals surface area (Å²) in [5.41, 5.74) is 7.67. The lowest BCUT2D eigenvalue weighted by atomic mass is 10.1. The van der Waals surface area contributed by atoms with Gasteiger partial charge in [-0.1, -0.05) is 24.3 Å². The zero-order valence-corrected chi connectivity index (χ0v) is 9.35. The maximum absolute atomic E-state index is 5.41. The van der Waals surface area contributed by atoms with Crippen LogP contribution in [0.3, 0.4) is 0 Å². The molecule has 0 radical (unpaired) electrons. The lowest BCUT2D eigenvalue weighted by Crippen LogP contribution is -2.02. The van der Waals surface area contributed by atoms with E-state index in [9.17, 15) is 0 Å². The minimum atomic E-state index is 0. The van der Waals surface area contributed by atoms with E-state index in [1.807, 2.05) is 24.3 Å². The van der Waals surface area contributed by atoms with E-state index in [0.29, 0.717) is 6.54 Å². The Kier molecular flexibility index (Phi) is 9.88. The highest BCUT2D eigenvalue weighted by Crippen LogP contribution is 2.02. The molecule has 0 aromatic heterocycles. The average molecular weight is 236 g/mol.